The lowest BCUT2D eigenvalue weighted by atomic mass is 10.5. The van der Waals surface area contributed by atoms with E-state index in [0.717, 1.165) is 0 Å². The summed E-state index contributed by atoms with van der Waals surface area (Å²) in [6.45, 7) is 5.82. The minimum absolute atomic E-state index is 0.0764. The molecule has 0 atom stereocenters. The van der Waals surface area contributed by atoms with Gasteiger partial charge in [-0.2, -0.15) is 0 Å². The number of hydrogen-bond acceptors (Lipinski definition) is 3. The maximum Gasteiger partial charge on any atom is 0.263 e. The molecule has 0 radical (unpaired) electrons. The van der Waals surface area contributed by atoms with Crippen LogP contribution in [-0.4, -0.2) is 10.2 Å². The highest BCUT2D eigenvalue weighted by molar-refractivity contribution is 8.26. The van der Waals surface area contributed by atoms with Gasteiger partial charge >= 0.3 is 0 Å². The summed E-state index contributed by atoms with van der Waals surface area (Å²) in [6.07, 6.45) is 1.75. The molecule has 0 aromatic heterocycles. The van der Waals surface area contributed by atoms with Gasteiger partial charge in [-0.1, -0.05) is 43.9 Å². The predicted octanol–water partition coefficient (Wildman–Crippen LogP) is 2.06. The fourth-order valence-electron chi connectivity index (χ4n) is 0.516. The third-order valence-corrected chi connectivity index (χ3v) is 2.18. The van der Waals surface area contributed by atoms with Crippen molar-refractivity contribution in [2.75, 3.05) is 0 Å². The zero-order valence-electron chi connectivity index (χ0n) is 6.80. The standard InChI is InChI=1S/C5H5NOS2.C2H6/c1-2-3-4(7)6-5(8)9-3;1-2/h2H,1H3,(H,6,7,8);1-2H3/b3-2-;. The summed E-state index contributed by atoms with van der Waals surface area (Å²) in [4.78, 5) is 11.4. The van der Waals surface area contributed by atoms with Gasteiger partial charge in [0.2, 0.25) is 0 Å². The van der Waals surface area contributed by atoms with Crippen molar-refractivity contribution in [1.82, 2.24) is 5.32 Å². The average Bonchev–Trinajstić information content (AvgIpc) is 2.33. The number of carbonyl (C=O) groups is 1. The Balaban J connectivity index is 0.000000461. The van der Waals surface area contributed by atoms with E-state index >= 15 is 0 Å². The van der Waals surface area contributed by atoms with Crippen LogP contribution in [0.4, 0.5) is 0 Å². The highest BCUT2D eigenvalue weighted by atomic mass is 32.2. The van der Waals surface area contributed by atoms with E-state index in [1.807, 2.05) is 20.8 Å². The second-order valence-corrected chi connectivity index (χ2v) is 3.22. The maximum atomic E-state index is 10.7. The van der Waals surface area contributed by atoms with E-state index in [0.29, 0.717) is 9.23 Å². The molecule has 0 bridgehead atoms. The van der Waals surface area contributed by atoms with Crippen molar-refractivity contribution in [2.24, 2.45) is 0 Å². The third kappa shape index (κ3) is 3.03. The van der Waals surface area contributed by atoms with Crippen molar-refractivity contribution in [3.05, 3.63) is 11.0 Å². The zero-order chi connectivity index (χ0) is 8.85. The first kappa shape index (κ1) is 10.7. The van der Waals surface area contributed by atoms with Gasteiger partial charge in [-0.3, -0.25) is 4.79 Å². The third-order valence-electron chi connectivity index (χ3n) is 0.904. The van der Waals surface area contributed by atoms with Crippen LogP contribution >= 0.6 is 24.0 Å². The lowest BCUT2D eigenvalue weighted by molar-refractivity contribution is -0.115. The number of hydrogen-bond donors (Lipinski definition) is 1. The summed E-state index contributed by atoms with van der Waals surface area (Å²) in [6, 6.07) is 0. The van der Waals surface area contributed by atoms with E-state index in [2.05, 4.69) is 5.32 Å². The number of thiocarbonyl (C=S) groups is 1. The molecule has 4 heteroatoms. The summed E-state index contributed by atoms with van der Waals surface area (Å²) in [5.41, 5.74) is 0. The van der Waals surface area contributed by atoms with Gasteiger partial charge in [0.25, 0.3) is 5.91 Å². The normalized spacial score (nSPS) is 19.4. The summed E-state index contributed by atoms with van der Waals surface area (Å²) in [5.74, 6) is -0.0764. The molecular formula is C7H11NOS2. The van der Waals surface area contributed by atoms with Crippen LogP contribution in [0, 0.1) is 0 Å². The van der Waals surface area contributed by atoms with Crippen LogP contribution in [0.15, 0.2) is 11.0 Å². The molecule has 1 saturated heterocycles. The molecule has 11 heavy (non-hydrogen) atoms. The van der Waals surface area contributed by atoms with Crippen LogP contribution < -0.4 is 5.32 Å². The van der Waals surface area contributed by atoms with Crippen molar-refractivity contribution in [3.8, 4) is 0 Å². The van der Waals surface area contributed by atoms with Crippen LogP contribution in [-0.2, 0) is 4.79 Å². The monoisotopic (exact) mass is 189 g/mol. The second kappa shape index (κ2) is 5.32. The number of amides is 1. The molecule has 0 aromatic rings. The van der Waals surface area contributed by atoms with Crippen LogP contribution in [0.5, 0.6) is 0 Å². The summed E-state index contributed by atoms with van der Waals surface area (Å²) in [5, 5.41) is 2.50. The van der Waals surface area contributed by atoms with Crippen molar-refractivity contribution in [3.63, 3.8) is 0 Å². The SMILES string of the molecule is C/C=C1\SC(=S)NC1=O.CC. The van der Waals surface area contributed by atoms with Gasteiger partial charge in [-0.25, -0.2) is 0 Å². The summed E-state index contributed by atoms with van der Waals surface area (Å²) >= 11 is 6.04. The van der Waals surface area contributed by atoms with Crippen molar-refractivity contribution in [1.29, 1.82) is 0 Å². The molecule has 1 amide bonds. The van der Waals surface area contributed by atoms with E-state index in [1.165, 1.54) is 11.8 Å². The Morgan fingerprint density at radius 2 is 2.09 bits per heavy atom. The largest absolute Gasteiger partial charge is 0.307 e. The molecule has 1 fully saturated rings. The topological polar surface area (TPSA) is 29.1 Å². The fourth-order valence-corrected chi connectivity index (χ4v) is 1.48. The van der Waals surface area contributed by atoms with Gasteiger partial charge in [0, 0.05) is 0 Å². The molecule has 1 heterocycles. The number of allylic oxidation sites excluding steroid dienone is 1. The van der Waals surface area contributed by atoms with Gasteiger partial charge in [0.1, 0.15) is 4.32 Å². The van der Waals surface area contributed by atoms with E-state index in [4.69, 9.17) is 12.2 Å². The molecule has 0 spiro atoms. The Morgan fingerprint density at radius 1 is 1.55 bits per heavy atom. The Morgan fingerprint density at radius 3 is 2.27 bits per heavy atom. The van der Waals surface area contributed by atoms with Gasteiger partial charge in [-0.15, -0.1) is 0 Å². The van der Waals surface area contributed by atoms with Crippen LogP contribution in [0.25, 0.3) is 0 Å². The van der Waals surface area contributed by atoms with Crippen LogP contribution in [0.2, 0.25) is 0 Å². The van der Waals surface area contributed by atoms with E-state index in [9.17, 15) is 4.79 Å². The van der Waals surface area contributed by atoms with Gasteiger partial charge < -0.3 is 5.32 Å². The average molecular weight is 189 g/mol. The lowest BCUT2D eigenvalue weighted by Crippen LogP contribution is -2.17. The summed E-state index contributed by atoms with van der Waals surface area (Å²) < 4.78 is 0.549. The first-order valence-corrected chi connectivity index (χ1v) is 4.66. The minimum Gasteiger partial charge on any atom is -0.307 e. The molecule has 0 saturated carbocycles. The van der Waals surface area contributed by atoms with Crippen molar-refractivity contribution < 1.29 is 4.79 Å². The highest BCUT2D eigenvalue weighted by Crippen LogP contribution is 2.22. The summed E-state index contributed by atoms with van der Waals surface area (Å²) in [7, 11) is 0. The quantitative estimate of drug-likeness (QED) is 0.467. The molecule has 62 valence electrons. The zero-order valence-corrected chi connectivity index (χ0v) is 8.44. The number of carbonyl (C=O) groups excluding carboxylic acids is 1. The number of thioether (sulfide) groups is 1. The smallest absolute Gasteiger partial charge is 0.263 e. The molecule has 1 aliphatic rings. The van der Waals surface area contributed by atoms with E-state index in [-0.39, 0.29) is 5.91 Å². The van der Waals surface area contributed by atoms with Crippen LogP contribution in [0.1, 0.15) is 20.8 Å². The van der Waals surface area contributed by atoms with Gasteiger partial charge in [0.05, 0.1) is 4.91 Å². The van der Waals surface area contributed by atoms with Gasteiger partial charge in [-0.05, 0) is 6.92 Å². The minimum atomic E-state index is -0.0764. The maximum absolute atomic E-state index is 10.7. The molecule has 0 aromatic carbocycles. The van der Waals surface area contributed by atoms with Crippen molar-refractivity contribution in [2.45, 2.75) is 20.8 Å². The van der Waals surface area contributed by atoms with E-state index < -0.39 is 0 Å². The van der Waals surface area contributed by atoms with Crippen LogP contribution in [0.3, 0.4) is 0 Å². The fraction of sp³-hybridized carbons (Fsp3) is 0.429. The van der Waals surface area contributed by atoms with E-state index in [1.54, 1.807) is 6.08 Å². The molecule has 2 nitrogen and oxygen atoms in total. The van der Waals surface area contributed by atoms with Crippen molar-refractivity contribution >= 4 is 34.2 Å². The molecule has 0 aliphatic carbocycles. The first-order valence-electron chi connectivity index (χ1n) is 3.43. The molecule has 1 N–H and O–H groups in total. The van der Waals surface area contributed by atoms with Gasteiger partial charge in [0.15, 0.2) is 0 Å². The Labute approximate surface area is 76.4 Å². The Kier molecular flexibility index (Phi) is 5.15. The second-order valence-electron chi connectivity index (χ2n) is 1.50. The Bertz CT molecular complexity index is 199. The molecule has 1 rings (SSSR count). The molecule has 1 aliphatic heterocycles. The first-order chi connectivity index (χ1) is 5.24. The Hall–Kier alpha value is -0.350. The number of nitrogens with one attached hydrogen (secondary N) is 1. The molecular weight excluding hydrogens is 178 g/mol. The highest BCUT2D eigenvalue weighted by Gasteiger charge is 2.20. The lowest BCUT2D eigenvalue weighted by Gasteiger charge is -1.82. The molecule has 0 unspecified atom stereocenters. The number of rotatable bonds is 0. The predicted molar refractivity (Wildman–Crippen MR) is 53.4 cm³/mol.